The van der Waals surface area contributed by atoms with Gasteiger partial charge in [-0.25, -0.2) is 9.97 Å². The number of rotatable bonds is 3. The maximum absolute atomic E-state index is 9.86. The SMILES string of the molecule is Cc1nc(C2CC(O)C2)cc(N2CCC(C#N)(c3ccccc3)CC2)n1. The lowest BCUT2D eigenvalue weighted by Gasteiger charge is -2.38. The Labute approximate surface area is 154 Å². The highest BCUT2D eigenvalue weighted by atomic mass is 16.3. The van der Waals surface area contributed by atoms with Crippen molar-refractivity contribution in [2.24, 2.45) is 0 Å². The second-order valence-corrected chi connectivity index (χ2v) is 7.57. The molecule has 0 unspecified atom stereocenters. The molecule has 1 aliphatic carbocycles. The van der Waals surface area contributed by atoms with Gasteiger partial charge in [-0.3, -0.25) is 0 Å². The molecular weight excluding hydrogens is 324 g/mol. The molecule has 5 heteroatoms. The Kier molecular flexibility index (Phi) is 4.37. The van der Waals surface area contributed by atoms with Gasteiger partial charge in [0.25, 0.3) is 0 Å². The number of nitrogens with zero attached hydrogens (tertiary/aromatic N) is 4. The van der Waals surface area contributed by atoms with Crippen LogP contribution in [-0.2, 0) is 5.41 Å². The van der Waals surface area contributed by atoms with Crippen molar-refractivity contribution in [3.8, 4) is 6.07 Å². The number of aliphatic hydroxyl groups excluding tert-OH is 1. The van der Waals surface area contributed by atoms with Crippen LogP contribution in [0.5, 0.6) is 0 Å². The number of aliphatic hydroxyl groups is 1. The van der Waals surface area contributed by atoms with E-state index in [1.54, 1.807) is 0 Å². The number of nitriles is 1. The van der Waals surface area contributed by atoms with Crippen LogP contribution in [0.15, 0.2) is 36.4 Å². The van der Waals surface area contributed by atoms with Crippen molar-refractivity contribution in [1.29, 1.82) is 5.26 Å². The van der Waals surface area contributed by atoms with Gasteiger partial charge in [-0.2, -0.15) is 5.26 Å². The average Bonchev–Trinajstić information content (AvgIpc) is 2.66. The molecular formula is C21H24N4O. The minimum Gasteiger partial charge on any atom is -0.393 e. The van der Waals surface area contributed by atoms with Crippen molar-refractivity contribution in [1.82, 2.24) is 9.97 Å². The zero-order valence-electron chi connectivity index (χ0n) is 15.1. The van der Waals surface area contributed by atoms with Crippen LogP contribution in [0.4, 0.5) is 5.82 Å². The highest BCUT2D eigenvalue weighted by Gasteiger charge is 2.37. The van der Waals surface area contributed by atoms with Crippen LogP contribution in [0.1, 0.15) is 48.7 Å². The fourth-order valence-electron chi connectivity index (χ4n) is 4.11. The minimum absolute atomic E-state index is 0.184. The average molecular weight is 348 g/mol. The molecule has 1 saturated carbocycles. The standard InChI is InChI=1S/C21H24N4O/c1-15-23-19(16-11-18(26)12-16)13-20(24-15)25-9-7-21(14-22,8-10-25)17-5-3-2-4-6-17/h2-6,13,16,18,26H,7-12H2,1H3. The second-order valence-electron chi connectivity index (χ2n) is 7.57. The lowest BCUT2D eigenvalue weighted by Crippen LogP contribution is -2.42. The van der Waals surface area contributed by atoms with Gasteiger partial charge in [0.1, 0.15) is 11.6 Å². The van der Waals surface area contributed by atoms with Gasteiger partial charge < -0.3 is 10.0 Å². The molecule has 0 radical (unpaired) electrons. The summed E-state index contributed by atoms with van der Waals surface area (Å²) in [6.07, 6.45) is 3.00. The van der Waals surface area contributed by atoms with E-state index in [2.05, 4.69) is 39.1 Å². The molecule has 2 fully saturated rings. The molecule has 0 bridgehead atoms. The van der Waals surface area contributed by atoms with Crippen molar-refractivity contribution < 1.29 is 5.11 Å². The summed E-state index contributed by atoms with van der Waals surface area (Å²) in [6, 6.07) is 14.8. The molecule has 0 spiro atoms. The summed E-state index contributed by atoms with van der Waals surface area (Å²) in [5, 5.41) is 19.4. The van der Waals surface area contributed by atoms with Crippen molar-refractivity contribution in [3.05, 3.63) is 53.5 Å². The number of benzene rings is 1. The molecule has 1 aliphatic heterocycles. The van der Waals surface area contributed by atoms with E-state index in [1.807, 2.05) is 25.1 Å². The van der Waals surface area contributed by atoms with Gasteiger partial charge in [0.05, 0.1) is 17.6 Å². The van der Waals surface area contributed by atoms with Crippen molar-refractivity contribution in [2.45, 2.75) is 50.0 Å². The topological polar surface area (TPSA) is 73.0 Å². The molecule has 0 atom stereocenters. The molecule has 1 aromatic carbocycles. The van der Waals surface area contributed by atoms with Gasteiger partial charge in [0.2, 0.25) is 0 Å². The fourth-order valence-corrected chi connectivity index (χ4v) is 4.11. The van der Waals surface area contributed by atoms with Crippen LogP contribution in [0.2, 0.25) is 0 Å². The zero-order valence-corrected chi connectivity index (χ0v) is 15.1. The van der Waals surface area contributed by atoms with Crippen molar-refractivity contribution >= 4 is 5.82 Å². The zero-order chi connectivity index (χ0) is 18.1. The smallest absolute Gasteiger partial charge is 0.132 e. The van der Waals surface area contributed by atoms with E-state index in [-0.39, 0.29) is 6.10 Å². The number of hydrogen-bond acceptors (Lipinski definition) is 5. The molecule has 2 aromatic rings. The summed E-state index contributed by atoms with van der Waals surface area (Å²) >= 11 is 0. The van der Waals surface area contributed by atoms with Gasteiger partial charge in [0.15, 0.2) is 0 Å². The Bertz CT molecular complexity index is 816. The largest absolute Gasteiger partial charge is 0.393 e. The third-order valence-electron chi connectivity index (χ3n) is 5.86. The van der Waals surface area contributed by atoms with Crippen molar-refractivity contribution in [3.63, 3.8) is 0 Å². The van der Waals surface area contributed by atoms with Crippen LogP contribution >= 0.6 is 0 Å². The second kappa shape index (κ2) is 6.69. The van der Waals surface area contributed by atoms with Crippen LogP contribution in [0, 0.1) is 18.3 Å². The van der Waals surface area contributed by atoms with Gasteiger partial charge in [0, 0.05) is 30.8 Å². The first-order valence-corrected chi connectivity index (χ1v) is 9.35. The first-order chi connectivity index (χ1) is 12.6. The summed E-state index contributed by atoms with van der Waals surface area (Å²) in [5.41, 5.74) is 1.75. The Morgan fingerprint density at radius 3 is 2.46 bits per heavy atom. The lowest BCUT2D eigenvalue weighted by molar-refractivity contribution is 0.0731. The molecule has 1 aromatic heterocycles. The number of anilines is 1. The molecule has 26 heavy (non-hydrogen) atoms. The normalized spacial score (nSPS) is 24.6. The Morgan fingerprint density at radius 2 is 1.85 bits per heavy atom. The summed E-state index contributed by atoms with van der Waals surface area (Å²) in [7, 11) is 0. The number of piperidine rings is 1. The van der Waals surface area contributed by atoms with E-state index < -0.39 is 5.41 Å². The van der Waals surface area contributed by atoms with Crippen LogP contribution < -0.4 is 4.90 Å². The molecule has 1 N–H and O–H groups in total. The predicted molar refractivity (Wildman–Crippen MR) is 99.9 cm³/mol. The maximum Gasteiger partial charge on any atom is 0.132 e. The highest BCUT2D eigenvalue weighted by molar-refractivity contribution is 5.44. The van der Waals surface area contributed by atoms with Crippen LogP contribution in [0.25, 0.3) is 0 Å². The van der Waals surface area contributed by atoms with E-state index in [9.17, 15) is 10.4 Å². The van der Waals surface area contributed by atoms with E-state index in [4.69, 9.17) is 0 Å². The summed E-state index contributed by atoms with van der Waals surface area (Å²) in [5.74, 6) is 2.07. The van der Waals surface area contributed by atoms with E-state index in [1.165, 1.54) is 0 Å². The first kappa shape index (κ1) is 17.0. The van der Waals surface area contributed by atoms with Gasteiger partial charge in [-0.1, -0.05) is 30.3 Å². The number of aromatic nitrogens is 2. The number of aryl methyl sites for hydroxylation is 1. The molecule has 1 saturated heterocycles. The Morgan fingerprint density at radius 1 is 1.15 bits per heavy atom. The third-order valence-corrected chi connectivity index (χ3v) is 5.86. The summed E-state index contributed by atoms with van der Waals surface area (Å²) in [6.45, 7) is 3.55. The van der Waals surface area contributed by atoms with E-state index >= 15 is 0 Å². The molecule has 2 aliphatic rings. The predicted octanol–water partition coefficient (Wildman–Crippen LogP) is 3.09. The number of hydrogen-bond donors (Lipinski definition) is 1. The molecule has 4 rings (SSSR count). The van der Waals surface area contributed by atoms with Gasteiger partial charge in [-0.15, -0.1) is 0 Å². The van der Waals surface area contributed by atoms with E-state index in [0.717, 1.165) is 61.7 Å². The first-order valence-electron chi connectivity index (χ1n) is 9.35. The van der Waals surface area contributed by atoms with Crippen molar-refractivity contribution in [2.75, 3.05) is 18.0 Å². The third kappa shape index (κ3) is 3.06. The molecule has 2 heterocycles. The van der Waals surface area contributed by atoms with Gasteiger partial charge in [-0.05, 0) is 38.2 Å². The minimum atomic E-state index is -0.402. The molecule has 5 nitrogen and oxygen atoms in total. The van der Waals surface area contributed by atoms with Crippen LogP contribution in [0.3, 0.4) is 0 Å². The van der Waals surface area contributed by atoms with Gasteiger partial charge >= 0.3 is 0 Å². The quantitative estimate of drug-likeness (QED) is 0.923. The highest BCUT2D eigenvalue weighted by Crippen LogP contribution is 2.39. The Balaban J connectivity index is 1.52. The maximum atomic E-state index is 9.86. The molecule has 134 valence electrons. The summed E-state index contributed by atoms with van der Waals surface area (Å²) < 4.78 is 0. The summed E-state index contributed by atoms with van der Waals surface area (Å²) in [4.78, 5) is 11.5. The lowest BCUT2D eigenvalue weighted by atomic mass is 9.74. The fraction of sp³-hybridized carbons (Fsp3) is 0.476. The van der Waals surface area contributed by atoms with E-state index in [0.29, 0.717) is 5.92 Å². The monoisotopic (exact) mass is 348 g/mol. The molecule has 0 amide bonds. The van der Waals surface area contributed by atoms with Crippen LogP contribution in [-0.4, -0.2) is 34.3 Å². The Hall–Kier alpha value is -2.45.